The molecule has 1 unspecified atom stereocenters. The Balaban J connectivity index is 2.66. The highest BCUT2D eigenvalue weighted by Crippen LogP contribution is 2.05. The lowest BCUT2D eigenvalue weighted by Crippen LogP contribution is -2.42. The fourth-order valence-electron chi connectivity index (χ4n) is 1.52. The lowest BCUT2D eigenvalue weighted by molar-refractivity contribution is -0.144. The second-order valence-corrected chi connectivity index (χ2v) is 4.92. The van der Waals surface area contributed by atoms with E-state index in [-0.39, 0.29) is 12.5 Å². The van der Waals surface area contributed by atoms with E-state index < -0.39 is 12.0 Å². The Kier molecular flexibility index (Phi) is 7.22. The minimum Gasteiger partial charge on any atom is -0.449 e. The summed E-state index contributed by atoms with van der Waals surface area (Å²) in [5.74, 6) is -0.197. The molecule has 106 valence electrons. The highest BCUT2D eigenvalue weighted by atomic mass is 32.2. The summed E-state index contributed by atoms with van der Waals surface area (Å²) in [5, 5.41) is 11.1. The monoisotopic (exact) mass is 292 g/mol. The van der Waals surface area contributed by atoms with Crippen molar-refractivity contribution in [1.29, 1.82) is 5.26 Å². The van der Waals surface area contributed by atoms with Crippen LogP contribution < -0.4 is 5.32 Å². The standard InChI is InChI=1S/C14H16N2O3S/c1-20-10-7-12(14(18)19-9-8-15)16-13(17)11-5-3-2-4-6-11/h2-6,12H,7,9-10H2,1H3,(H,16,17). The van der Waals surface area contributed by atoms with E-state index in [2.05, 4.69) is 5.32 Å². The summed E-state index contributed by atoms with van der Waals surface area (Å²) in [6, 6.07) is 9.65. The van der Waals surface area contributed by atoms with Crippen molar-refractivity contribution in [1.82, 2.24) is 5.32 Å². The van der Waals surface area contributed by atoms with Gasteiger partial charge in [-0.2, -0.15) is 17.0 Å². The molecule has 0 aromatic heterocycles. The van der Waals surface area contributed by atoms with Gasteiger partial charge in [-0.1, -0.05) is 18.2 Å². The zero-order chi connectivity index (χ0) is 14.8. The fourth-order valence-corrected chi connectivity index (χ4v) is 1.99. The number of rotatable bonds is 7. The fraction of sp³-hybridized carbons (Fsp3) is 0.357. The largest absolute Gasteiger partial charge is 0.449 e. The summed E-state index contributed by atoms with van der Waals surface area (Å²) >= 11 is 1.57. The lowest BCUT2D eigenvalue weighted by Gasteiger charge is -2.16. The molecule has 1 atom stereocenters. The number of hydrogen-bond acceptors (Lipinski definition) is 5. The molecule has 5 nitrogen and oxygen atoms in total. The maximum absolute atomic E-state index is 12.0. The van der Waals surface area contributed by atoms with Crippen molar-refractivity contribution in [2.75, 3.05) is 18.6 Å². The van der Waals surface area contributed by atoms with Crippen LogP contribution in [0.1, 0.15) is 16.8 Å². The number of esters is 1. The molecule has 0 aliphatic rings. The van der Waals surface area contributed by atoms with E-state index in [0.29, 0.717) is 17.7 Å². The average Bonchev–Trinajstić information content (AvgIpc) is 2.49. The highest BCUT2D eigenvalue weighted by molar-refractivity contribution is 7.98. The molecule has 1 aromatic carbocycles. The molecule has 0 heterocycles. The van der Waals surface area contributed by atoms with Gasteiger partial charge in [0.05, 0.1) is 0 Å². The van der Waals surface area contributed by atoms with Crippen LogP contribution in [0.3, 0.4) is 0 Å². The Hall–Kier alpha value is -2.00. The van der Waals surface area contributed by atoms with Crippen LogP contribution in [0.25, 0.3) is 0 Å². The molecule has 6 heteroatoms. The van der Waals surface area contributed by atoms with Crippen molar-refractivity contribution >= 4 is 23.6 Å². The molecule has 1 N–H and O–H groups in total. The van der Waals surface area contributed by atoms with Crippen LogP contribution in [0.5, 0.6) is 0 Å². The van der Waals surface area contributed by atoms with Gasteiger partial charge in [0.2, 0.25) is 0 Å². The second kappa shape index (κ2) is 8.99. The Labute approximate surface area is 122 Å². The molecule has 0 saturated carbocycles. The molecule has 0 aliphatic heterocycles. The molecule has 0 fully saturated rings. The first kappa shape index (κ1) is 16.1. The van der Waals surface area contributed by atoms with E-state index >= 15 is 0 Å². The number of carbonyl (C=O) groups is 2. The van der Waals surface area contributed by atoms with Gasteiger partial charge in [0.1, 0.15) is 12.1 Å². The third-order valence-corrected chi connectivity index (χ3v) is 3.16. The van der Waals surface area contributed by atoms with Crippen molar-refractivity contribution in [3.63, 3.8) is 0 Å². The summed E-state index contributed by atoms with van der Waals surface area (Å²) in [4.78, 5) is 23.8. The van der Waals surface area contributed by atoms with Crippen LogP contribution in [0, 0.1) is 11.3 Å². The third-order valence-electron chi connectivity index (χ3n) is 2.52. The predicted octanol–water partition coefficient (Wildman–Crippen LogP) is 1.60. The molecule has 0 saturated heterocycles. The summed E-state index contributed by atoms with van der Waals surface area (Å²) < 4.78 is 4.76. The number of nitrogens with one attached hydrogen (secondary N) is 1. The number of ether oxygens (including phenoxy) is 1. The van der Waals surface area contributed by atoms with Gasteiger partial charge in [-0.25, -0.2) is 4.79 Å². The Morgan fingerprint density at radius 1 is 1.40 bits per heavy atom. The van der Waals surface area contributed by atoms with E-state index in [0.717, 1.165) is 0 Å². The van der Waals surface area contributed by atoms with Crippen molar-refractivity contribution in [2.24, 2.45) is 0 Å². The maximum Gasteiger partial charge on any atom is 0.329 e. The van der Waals surface area contributed by atoms with Crippen LogP contribution in [0.4, 0.5) is 0 Å². The lowest BCUT2D eigenvalue weighted by atomic mass is 10.1. The molecule has 1 rings (SSSR count). The first-order chi connectivity index (χ1) is 9.69. The SMILES string of the molecule is CSCCC(NC(=O)c1ccccc1)C(=O)OCC#N. The number of thioether (sulfide) groups is 1. The molecule has 0 spiro atoms. The van der Waals surface area contributed by atoms with Gasteiger partial charge >= 0.3 is 5.97 Å². The molecule has 0 aliphatic carbocycles. The Bertz CT molecular complexity index is 485. The van der Waals surface area contributed by atoms with Gasteiger partial charge < -0.3 is 10.1 Å². The molecule has 0 radical (unpaired) electrons. The highest BCUT2D eigenvalue weighted by Gasteiger charge is 2.22. The summed E-state index contributed by atoms with van der Waals surface area (Å²) in [6.45, 7) is -0.310. The minimum atomic E-state index is -0.733. The number of carbonyl (C=O) groups excluding carboxylic acids is 2. The van der Waals surface area contributed by atoms with E-state index in [4.69, 9.17) is 10.00 Å². The van der Waals surface area contributed by atoms with Gasteiger partial charge in [-0.05, 0) is 30.6 Å². The Morgan fingerprint density at radius 2 is 2.10 bits per heavy atom. The van der Waals surface area contributed by atoms with Crippen molar-refractivity contribution in [3.8, 4) is 6.07 Å². The predicted molar refractivity (Wildman–Crippen MR) is 77.3 cm³/mol. The Morgan fingerprint density at radius 3 is 2.70 bits per heavy atom. The summed E-state index contributed by atoms with van der Waals surface area (Å²) in [6.07, 6.45) is 2.38. The van der Waals surface area contributed by atoms with Crippen molar-refractivity contribution < 1.29 is 14.3 Å². The minimum absolute atomic E-state index is 0.310. The number of nitrogens with zero attached hydrogens (tertiary/aromatic N) is 1. The average molecular weight is 292 g/mol. The number of benzene rings is 1. The van der Waals surface area contributed by atoms with Crippen LogP contribution in [-0.4, -0.2) is 36.5 Å². The van der Waals surface area contributed by atoms with Crippen molar-refractivity contribution in [2.45, 2.75) is 12.5 Å². The maximum atomic E-state index is 12.0. The first-order valence-corrected chi connectivity index (χ1v) is 7.47. The van der Waals surface area contributed by atoms with Gasteiger partial charge in [-0.15, -0.1) is 0 Å². The number of amides is 1. The van der Waals surface area contributed by atoms with Crippen LogP contribution in [0.2, 0.25) is 0 Å². The summed E-state index contributed by atoms with van der Waals surface area (Å²) in [5.41, 5.74) is 0.481. The van der Waals surface area contributed by atoms with Crippen LogP contribution in [-0.2, 0) is 9.53 Å². The first-order valence-electron chi connectivity index (χ1n) is 6.07. The van der Waals surface area contributed by atoms with Gasteiger partial charge in [0.15, 0.2) is 6.61 Å². The molecule has 20 heavy (non-hydrogen) atoms. The smallest absolute Gasteiger partial charge is 0.329 e. The van der Waals surface area contributed by atoms with E-state index in [9.17, 15) is 9.59 Å². The molecule has 0 bridgehead atoms. The van der Waals surface area contributed by atoms with E-state index in [1.54, 1.807) is 42.1 Å². The van der Waals surface area contributed by atoms with Crippen LogP contribution in [0.15, 0.2) is 30.3 Å². The van der Waals surface area contributed by atoms with E-state index in [1.807, 2.05) is 12.3 Å². The normalized spacial score (nSPS) is 11.2. The third kappa shape index (κ3) is 5.33. The van der Waals surface area contributed by atoms with Crippen molar-refractivity contribution in [3.05, 3.63) is 35.9 Å². The van der Waals surface area contributed by atoms with E-state index in [1.165, 1.54) is 0 Å². The molecular formula is C14H16N2O3S. The molecule has 1 amide bonds. The zero-order valence-corrected chi connectivity index (χ0v) is 12.0. The second-order valence-electron chi connectivity index (χ2n) is 3.94. The zero-order valence-electron chi connectivity index (χ0n) is 11.2. The number of nitriles is 1. The summed E-state index contributed by atoms with van der Waals surface area (Å²) in [7, 11) is 0. The number of hydrogen-bond donors (Lipinski definition) is 1. The van der Waals surface area contributed by atoms with Crippen LogP contribution >= 0.6 is 11.8 Å². The topological polar surface area (TPSA) is 79.2 Å². The van der Waals surface area contributed by atoms with Gasteiger partial charge in [0, 0.05) is 5.56 Å². The molecular weight excluding hydrogens is 276 g/mol. The van der Waals surface area contributed by atoms with Gasteiger partial charge in [0.25, 0.3) is 5.91 Å². The molecule has 1 aromatic rings. The quantitative estimate of drug-likeness (QED) is 0.772. The van der Waals surface area contributed by atoms with Gasteiger partial charge in [-0.3, -0.25) is 4.79 Å².